The monoisotopic (exact) mass is 503 g/mol. The van der Waals surface area contributed by atoms with E-state index in [0.29, 0.717) is 11.1 Å². The van der Waals surface area contributed by atoms with Crippen molar-refractivity contribution < 1.29 is 18.3 Å². The molecule has 0 unspecified atom stereocenters. The minimum absolute atomic E-state index is 0.170. The Labute approximate surface area is 192 Å². The maximum atomic E-state index is 14.1. The molecule has 2 aromatic heterocycles. The van der Waals surface area contributed by atoms with Gasteiger partial charge in [0.15, 0.2) is 0 Å². The third-order valence-corrected chi connectivity index (χ3v) is 9.14. The Morgan fingerprint density at radius 1 is 1.28 bits per heavy atom. The van der Waals surface area contributed by atoms with Gasteiger partial charge in [-0.05, 0) is 0 Å². The molecule has 1 saturated heterocycles. The van der Waals surface area contributed by atoms with Gasteiger partial charge in [0.25, 0.3) is 0 Å². The number of hydrogen-bond donors (Lipinski definition) is 1. The quantitative estimate of drug-likeness (QED) is 0.504. The molecule has 0 bridgehead atoms. The van der Waals surface area contributed by atoms with Crippen LogP contribution in [0.1, 0.15) is 48.3 Å². The van der Waals surface area contributed by atoms with E-state index in [9.17, 15) is 13.6 Å². The molecule has 169 valence electrons. The number of fused-ring (bicyclic) bond motifs is 1. The molecule has 0 spiro atoms. The van der Waals surface area contributed by atoms with Crippen molar-refractivity contribution in [2.45, 2.75) is 50.9 Å². The normalized spacial score (nSPS) is 15.1. The first-order chi connectivity index (χ1) is 15.5. The molecule has 1 N–H and O–H groups in total. The van der Waals surface area contributed by atoms with Crippen LogP contribution in [0.25, 0.3) is 11.0 Å². The molecule has 1 radical (unpaired) electrons. The Bertz CT molecular complexity index is 1130. The second kappa shape index (κ2) is 10.1. The van der Waals surface area contributed by atoms with E-state index in [1.165, 1.54) is 10.4 Å². The number of nitrogens with one attached hydrogen (secondary N) is 1. The number of benzene rings is 1. The molecule has 0 saturated carbocycles. The standard InChI is InChI=1S/C23H26AsF2N4O2/c1-3-20-17(12-27-23(31)16-6-5-15(25)11-19(16)26)21(24-14-7-9-32-10-8-14)18-13-28-30(4-2)22(18)29-20/h5-6,11,13-14H,3-4,7-10,12H2,1-2H3,(H,27,31). The number of carbonyl (C=O) groups is 1. The summed E-state index contributed by atoms with van der Waals surface area (Å²) >= 11 is -0.198. The van der Waals surface area contributed by atoms with Crippen LogP contribution in [0, 0.1) is 11.6 Å². The van der Waals surface area contributed by atoms with Crippen LogP contribution in [0.3, 0.4) is 0 Å². The number of ether oxygens (including phenoxy) is 1. The number of aromatic nitrogens is 3. The molecule has 1 aromatic carbocycles. The number of pyridine rings is 1. The van der Waals surface area contributed by atoms with Crippen molar-refractivity contribution in [3.05, 3.63) is 52.9 Å². The molecular formula is C23H26AsF2N4O2. The first-order valence-electron chi connectivity index (χ1n) is 10.9. The van der Waals surface area contributed by atoms with Crippen molar-refractivity contribution in [2.24, 2.45) is 0 Å². The van der Waals surface area contributed by atoms with Crippen LogP contribution in [0.15, 0.2) is 24.4 Å². The average Bonchev–Trinajstić information content (AvgIpc) is 3.21. The number of nitrogens with zero attached hydrogens (tertiary/aromatic N) is 3. The summed E-state index contributed by atoms with van der Waals surface area (Å²) in [6.07, 6.45) is 4.64. The summed E-state index contributed by atoms with van der Waals surface area (Å²) in [6.45, 7) is 6.61. The van der Waals surface area contributed by atoms with Crippen molar-refractivity contribution in [2.75, 3.05) is 13.2 Å². The number of amides is 1. The first-order valence-corrected chi connectivity index (χ1v) is 12.9. The number of hydrogen-bond acceptors (Lipinski definition) is 4. The van der Waals surface area contributed by atoms with E-state index >= 15 is 0 Å². The van der Waals surface area contributed by atoms with Crippen molar-refractivity contribution in [3.63, 3.8) is 0 Å². The summed E-state index contributed by atoms with van der Waals surface area (Å²) in [5.41, 5.74) is 2.63. The fraction of sp³-hybridized carbons (Fsp3) is 0.435. The molecule has 3 heterocycles. The molecule has 0 aliphatic carbocycles. The number of rotatable bonds is 7. The summed E-state index contributed by atoms with van der Waals surface area (Å²) in [6, 6.07) is 2.98. The van der Waals surface area contributed by atoms with Crippen LogP contribution >= 0.6 is 0 Å². The Morgan fingerprint density at radius 2 is 2.06 bits per heavy atom. The molecule has 1 amide bonds. The molecule has 0 atom stereocenters. The van der Waals surface area contributed by atoms with Gasteiger partial charge in [-0.1, -0.05) is 0 Å². The van der Waals surface area contributed by atoms with E-state index in [1.54, 1.807) is 0 Å². The molecule has 6 nitrogen and oxygen atoms in total. The van der Waals surface area contributed by atoms with Crippen LogP contribution in [0.5, 0.6) is 0 Å². The van der Waals surface area contributed by atoms with Gasteiger partial charge >= 0.3 is 192 Å². The van der Waals surface area contributed by atoms with Crippen LogP contribution in [-0.4, -0.2) is 49.6 Å². The second-order valence-corrected chi connectivity index (χ2v) is 10.7. The fourth-order valence-corrected chi connectivity index (χ4v) is 7.09. The average molecular weight is 503 g/mol. The van der Waals surface area contributed by atoms with Gasteiger partial charge < -0.3 is 0 Å². The zero-order valence-corrected chi connectivity index (χ0v) is 20.1. The summed E-state index contributed by atoms with van der Waals surface area (Å²) in [7, 11) is 0. The van der Waals surface area contributed by atoms with Crippen LogP contribution in [0.4, 0.5) is 8.78 Å². The zero-order valence-electron chi connectivity index (χ0n) is 18.2. The van der Waals surface area contributed by atoms with Crippen LogP contribution in [0.2, 0.25) is 4.71 Å². The SMILES string of the molecule is CCc1nc2c(cnn2CC)c([As]C2CCOCC2)c1CNC(=O)c1ccc(F)cc1F. The number of aryl methyl sites for hydroxylation is 2. The topological polar surface area (TPSA) is 69.0 Å². The number of carbonyl (C=O) groups excluding carboxylic acids is 1. The minimum atomic E-state index is -0.871. The van der Waals surface area contributed by atoms with Gasteiger partial charge in [-0.25, -0.2) is 0 Å². The first kappa shape index (κ1) is 22.9. The fourth-order valence-electron chi connectivity index (χ4n) is 3.95. The zero-order chi connectivity index (χ0) is 22.7. The maximum absolute atomic E-state index is 14.1. The Hall–Kier alpha value is -2.31. The van der Waals surface area contributed by atoms with Crippen molar-refractivity contribution in [1.82, 2.24) is 20.1 Å². The number of halogens is 2. The van der Waals surface area contributed by atoms with E-state index in [2.05, 4.69) is 10.4 Å². The van der Waals surface area contributed by atoms with E-state index in [-0.39, 0.29) is 27.9 Å². The third kappa shape index (κ3) is 4.71. The van der Waals surface area contributed by atoms with Crippen LogP contribution in [-0.2, 0) is 24.2 Å². The van der Waals surface area contributed by atoms with E-state index in [4.69, 9.17) is 9.72 Å². The van der Waals surface area contributed by atoms with Crippen molar-refractivity contribution in [1.29, 1.82) is 0 Å². The molecular weight excluding hydrogens is 477 g/mol. The second-order valence-electron chi connectivity index (χ2n) is 7.72. The van der Waals surface area contributed by atoms with E-state index in [1.807, 2.05) is 24.7 Å². The van der Waals surface area contributed by atoms with Gasteiger partial charge in [-0.2, -0.15) is 0 Å². The Kier molecular flexibility index (Phi) is 7.21. The summed E-state index contributed by atoms with van der Waals surface area (Å²) < 4.78 is 36.5. The van der Waals surface area contributed by atoms with E-state index < -0.39 is 17.5 Å². The van der Waals surface area contributed by atoms with Crippen molar-refractivity contribution >= 4 is 37.0 Å². The van der Waals surface area contributed by atoms with Gasteiger partial charge in [0.1, 0.15) is 0 Å². The molecule has 1 aliphatic heterocycles. The third-order valence-electron chi connectivity index (χ3n) is 5.68. The molecule has 4 rings (SSSR count). The van der Waals surface area contributed by atoms with Gasteiger partial charge in [0.05, 0.1) is 0 Å². The Morgan fingerprint density at radius 3 is 2.75 bits per heavy atom. The van der Waals surface area contributed by atoms with Gasteiger partial charge in [-0.3, -0.25) is 0 Å². The molecule has 1 aliphatic rings. The summed E-state index contributed by atoms with van der Waals surface area (Å²) in [5, 5.41) is 8.39. The van der Waals surface area contributed by atoms with Gasteiger partial charge in [0.2, 0.25) is 0 Å². The molecule has 9 heteroatoms. The van der Waals surface area contributed by atoms with E-state index in [0.717, 1.165) is 67.0 Å². The van der Waals surface area contributed by atoms with Crippen molar-refractivity contribution in [3.8, 4) is 0 Å². The molecule has 1 fully saturated rings. The molecule has 3 aromatic rings. The Balaban J connectivity index is 1.69. The van der Waals surface area contributed by atoms with Crippen LogP contribution < -0.4 is 9.67 Å². The molecule has 32 heavy (non-hydrogen) atoms. The van der Waals surface area contributed by atoms with Gasteiger partial charge in [0, 0.05) is 0 Å². The van der Waals surface area contributed by atoms with Gasteiger partial charge in [-0.15, -0.1) is 0 Å². The predicted octanol–water partition coefficient (Wildman–Crippen LogP) is 3.15. The summed E-state index contributed by atoms with van der Waals surface area (Å²) in [5.74, 6) is -2.15. The predicted molar refractivity (Wildman–Crippen MR) is 119 cm³/mol. The summed E-state index contributed by atoms with van der Waals surface area (Å²) in [4.78, 5) is 17.5.